The first-order valence-corrected chi connectivity index (χ1v) is 7.04. The zero-order valence-corrected chi connectivity index (χ0v) is 10.3. The minimum Gasteiger partial charge on any atom is -0.508 e. The van der Waals surface area contributed by atoms with Crippen LogP contribution >= 0.6 is 0 Å². The standard InChI is InChI=1S/C12H15NO3S/c14-11-3-1-2-10(8-11)9-12(15)13-4-6-17(16)7-5-13/h1-3,8,14H,4-7,9H2. The lowest BCUT2D eigenvalue weighted by Gasteiger charge is -2.26. The number of phenols is 1. The van der Waals surface area contributed by atoms with Crippen molar-refractivity contribution in [3.63, 3.8) is 0 Å². The molecule has 0 unspecified atom stereocenters. The first kappa shape index (κ1) is 12.1. The molecular weight excluding hydrogens is 238 g/mol. The fourth-order valence-electron chi connectivity index (χ4n) is 1.84. The summed E-state index contributed by atoms with van der Waals surface area (Å²) in [6, 6.07) is 6.72. The van der Waals surface area contributed by atoms with Crippen molar-refractivity contribution in [3.05, 3.63) is 29.8 Å². The molecule has 0 bridgehead atoms. The van der Waals surface area contributed by atoms with E-state index in [9.17, 15) is 14.1 Å². The molecule has 92 valence electrons. The molecule has 1 aliphatic rings. The van der Waals surface area contributed by atoms with Crippen molar-refractivity contribution in [1.82, 2.24) is 4.90 Å². The van der Waals surface area contributed by atoms with E-state index in [1.807, 2.05) is 6.07 Å². The molecule has 1 heterocycles. The molecule has 0 radical (unpaired) electrons. The van der Waals surface area contributed by atoms with E-state index in [1.54, 1.807) is 23.1 Å². The van der Waals surface area contributed by atoms with Crippen molar-refractivity contribution >= 4 is 16.7 Å². The van der Waals surface area contributed by atoms with Crippen molar-refractivity contribution in [2.45, 2.75) is 6.42 Å². The number of benzene rings is 1. The fraction of sp³-hybridized carbons (Fsp3) is 0.417. The third-order valence-electron chi connectivity index (χ3n) is 2.80. The molecule has 1 N–H and O–H groups in total. The van der Waals surface area contributed by atoms with Crippen LogP contribution in [0.2, 0.25) is 0 Å². The Balaban J connectivity index is 1.95. The number of hydrogen-bond acceptors (Lipinski definition) is 3. The highest BCUT2D eigenvalue weighted by Gasteiger charge is 2.19. The first-order valence-electron chi connectivity index (χ1n) is 5.56. The Morgan fingerprint density at radius 2 is 2.06 bits per heavy atom. The van der Waals surface area contributed by atoms with Crippen LogP contribution in [0.3, 0.4) is 0 Å². The third-order valence-corrected chi connectivity index (χ3v) is 4.07. The van der Waals surface area contributed by atoms with Crippen LogP contribution in [0.25, 0.3) is 0 Å². The molecule has 4 nitrogen and oxygen atoms in total. The average molecular weight is 253 g/mol. The second kappa shape index (κ2) is 5.31. The maximum Gasteiger partial charge on any atom is 0.227 e. The molecule has 1 saturated heterocycles. The number of rotatable bonds is 2. The summed E-state index contributed by atoms with van der Waals surface area (Å²) in [5.41, 5.74) is 0.807. The van der Waals surface area contributed by atoms with Crippen molar-refractivity contribution in [2.24, 2.45) is 0 Å². The van der Waals surface area contributed by atoms with Crippen LogP contribution < -0.4 is 0 Å². The van der Waals surface area contributed by atoms with E-state index >= 15 is 0 Å². The molecule has 1 fully saturated rings. The maximum atomic E-state index is 11.9. The van der Waals surface area contributed by atoms with Gasteiger partial charge in [-0.1, -0.05) is 12.1 Å². The van der Waals surface area contributed by atoms with Gasteiger partial charge in [0.05, 0.1) is 6.42 Å². The summed E-state index contributed by atoms with van der Waals surface area (Å²) in [7, 11) is -0.761. The summed E-state index contributed by atoms with van der Waals surface area (Å²) in [4.78, 5) is 13.7. The predicted molar refractivity (Wildman–Crippen MR) is 66.3 cm³/mol. The summed E-state index contributed by atoms with van der Waals surface area (Å²) in [5.74, 6) is 1.36. The zero-order valence-electron chi connectivity index (χ0n) is 9.46. The Hall–Kier alpha value is -1.36. The lowest BCUT2D eigenvalue weighted by atomic mass is 10.1. The Bertz CT molecular complexity index is 437. The highest BCUT2D eigenvalue weighted by Crippen LogP contribution is 2.12. The van der Waals surface area contributed by atoms with E-state index in [0.29, 0.717) is 31.0 Å². The molecule has 1 aliphatic heterocycles. The summed E-state index contributed by atoms with van der Waals surface area (Å²) in [5, 5.41) is 9.31. The van der Waals surface area contributed by atoms with E-state index < -0.39 is 10.8 Å². The van der Waals surface area contributed by atoms with Gasteiger partial charge in [-0.25, -0.2) is 0 Å². The highest BCUT2D eigenvalue weighted by molar-refractivity contribution is 7.85. The molecule has 1 aromatic rings. The largest absolute Gasteiger partial charge is 0.508 e. The highest BCUT2D eigenvalue weighted by atomic mass is 32.2. The van der Waals surface area contributed by atoms with Crippen molar-refractivity contribution in [3.8, 4) is 5.75 Å². The lowest BCUT2D eigenvalue weighted by Crippen LogP contribution is -2.42. The molecule has 0 spiro atoms. The number of hydrogen-bond donors (Lipinski definition) is 1. The number of aromatic hydroxyl groups is 1. The van der Waals surface area contributed by atoms with Crippen LogP contribution in [0.5, 0.6) is 5.75 Å². The molecule has 0 saturated carbocycles. The SMILES string of the molecule is O=C(Cc1cccc(O)c1)N1CCS(=O)CC1. The fourth-order valence-corrected chi connectivity index (χ4v) is 2.89. The Morgan fingerprint density at radius 3 is 2.71 bits per heavy atom. The van der Waals surface area contributed by atoms with E-state index in [-0.39, 0.29) is 11.7 Å². The second-order valence-electron chi connectivity index (χ2n) is 4.08. The number of phenolic OH excluding ortho intramolecular Hbond substituents is 1. The Labute approximate surface area is 103 Å². The lowest BCUT2D eigenvalue weighted by molar-refractivity contribution is -0.130. The summed E-state index contributed by atoms with van der Waals surface area (Å²) < 4.78 is 11.2. The van der Waals surface area contributed by atoms with Gasteiger partial charge in [0.2, 0.25) is 5.91 Å². The number of carbonyl (C=O) groups excluding carboxylic acids is 1. The minimum atomic E-state index is -0.761. The van der Waals surface area contributed by atoms with Crippen LogP contribution in [-0.4, -0.2) is 44.7 Å². The van der Waals surface area contributed by atoms with Gasteiger partial charge in [-0.15, -0.1) is 0 Å². The maximum absolute atomic E-state index is 11.9. The van der Waals surface area contributed by atoms with Gasteiger partial charge in [-0.05, 0) is 17.7 Å². The van der Waals surface area contributed by atoms with Crippen LogP contribution in [0.4, 0.5) is 0 Å². The van der Waals surface area contributed by atoms with Gasteiger partial charge in [0.15, 0.2) is 0 Å². The van der Waals surface area contributed by atoms with Gasteiger partial charge >= 0.3 is 0 Å². The van der Waals surface area contributed by atoms with Crippen LogP contribution in [0.1, 0.15) is 5.56 Å². The molecule has 0 atom stereocenters. The van der Waals surface area contributed by atoms with E-state index in [0.717, 1.165) is 5.56 Å². The quantitative estimate of drug-likeness (QED) is 0.836. The average Bonchev–Trinajstić information content (AvgIpc) is 2.29. The zero-order chi connectivity index (χ0) is 12.3. The normalized spacial score (nSPS) is 17.1. The molecule has 1 amide bonds. The number of nitrogens with zero attached hydrogens (tertiary/aromatic N) is 1. The molecule has 17 heavy (non-hydrogen) atoms. The topological polar surface area (TPSA) is 57.6 Å². The molecule has 0 aromatic heterocycles. The van der Waals surface area contributed by atoms with Gasteiger partial charge in [0.1, 0.15) is 5.75 Å². The van der Waals surface area contributed by atoms with Crippen molar-refractivity contribution in [1.29, 1.82) is 0 Å². The van der Waals surface area contributed by atoms with Crippen LogP contribution in [0, 0.1) is 0 Å². The van der Waals surface area contributed by atoms with E-state index in [4.69, 9.17) is 0 Å². The monoisotopic (exact) mass is 253 g/mol. The molecule has 1 aromatic carbocycles. The van der Waals surface area contributed by atoms with Crippen LogP contribution in [0.15, 0.2) is 24.3 Å². The second-order valence-corrected chi connectivity index (χ2v) is 5.77. The predicted octanol–water partition coefficient (Wildman–Crippen LogP) is 0.526. The third kappa shape index (κ3) is 3.30. The van der Waals surface area contributed by atoms with E-state index in [2.05, 4.69) is 0 Å². The smallest absolute Gasteiger partial charge is 0.227 e. The van der Waals surface area contributed by atoms with Crippen molar-refractivity contribution < 1.29 is 14.1 Å². The summed E-state index contributed by atoms with van der Waals surface area (Å²) >= 11 is 0. The molecule has 2 rings (SSSR count). The number of carbonyl (C=O) groups is 1. The van der Waals surface area contributed by atoms with Gasteiger partial charge in [0.25, 0.3) is 0 Å². The Morgan fingerprint density at radius 1 is 1.35 bits per heavy atom. The summed E-state index contributed by atoms with van der Waals surface area (Å²) in [6.45, 7) is 1.15. The van der Waals surface area contributed by atoms with Gasteiger partial charge in [-0.2, -0.15) is 0 Å². The Kier molecular flexibility index (Phi) is 3.78. The molecular formula is C12H15NO3S. The van der Waals surface area contributed by atoms with Gasteiger partial charge in [0, 0.05) is 35.4 Å². The molecule has 0 aliphatic carbocycles. The van der Waals surface area contributed by atoms with Gasteiger partial charge in [-0.3, -0.25) is 9.00 Å². The van der Waals surface area contributed by atoms with Crippen LogP contribution in [-0.2, 0) is 22.0 Å². The summed E-state index contributed by atoms with van der Waals surface area (Å²) in [6.07, 6.45) is 0.293. The number of amides is 1. The van der Waals surface area contributed by atoms with Gasteiger partial charge < -0.3 is 10.0 Å². The van der Waals surface area contributed by atoms with E-state index in [1.165, 1.54) is 0 Å². The molecule has 5 heteroatoms. The minimum absolute atomic E-state index is 0.0345. The van der Waals surface area contributed by atoms with Crippen molar-refractivity contribution in [2.75, 3.05) is 24.6 Å². The first-order chi connectivity index (χ1) is 8.15.